The average molecular weight is 269 g/mol. The van der Waals surface area contributed by atoms with Crippen LogP contribution in [0.3, 0.4) is 0 Å². The Labute approximate surface area is 115 Å². The predicted molar refractivity (Wildman–Crippen MR) is 76.3 cm³/mol. The Morgan fingerprint density at radius 3 is 2.61 bits per heavy atom. The van der Waals surface area contributed by atoms with Gasteiger partial charge in [0.2, 0.25) is 0 Å². The fraction of sp³-hybridized carbons (Fsp3) is 0.923. The normalized spacial score (nSPS) is 36.8. The first-order chi connectivity index (χ1) is 8.70. The van der Waals surface area contributed by atoms with Crippen molar-refractivity contribution in [3.63, 3.8) is 0 Å². The molecule has 2 saturated carbocycles. The molecule has 0 unspecified atom stereocenters. The third-order valence-electron chi connectivity index (χ3n) is 4.93. The van der Waals surface area contributed by atoms with Crippen LogP contribution in [0, 0.1) is 11.8 Å². The van der Waals surface area contributed by atoms with E-state index in [4.69, 9.17) is 12.2 Å². The lowest BCUT2D eigenvalue weighted by atomic mass is 9.96. The second-order valence-corrected chi connectivity index (χ2v) is 6.72. The quantitative estimate of drug-likeness (QED) is 0.584. The number of thiocarbonyl (C=S) groups is 1. The molecule has 0 aromatic heterocycles. The van der Waals surface area contributed by atoms with Crippen LogP contribution < -0.4 is 15.6 Å². The van der Waals surface area contributed by atoms with Gasteiger partial charge in [0, 0.05) is 6.04 Å². The summed E-state index contributed by atoms with van der Waals surface area (Å²) in [4.78, 5) is 1.61. The van der Waals surface area contributed by atoms with Crippen LogP contribution >= 0.6 is 12.2 Å². The summed E-state index contributed by atoms with van der Waals surface area (Å²) >= 11 is 5.45. The molecule has 0 radical (unpaired) electrons. The van der Waals surface area contributed by atoms with Crippen molar-refractivity contribution in [3.8, 4) is 0 Å². The van der Waals surface area contributed by atoms with E-state index in [-0.39, 0.29) is 0 Å². The summed E-state index contributed by atoms with van der Waals surface area (Å²) in [6.45, 7) is 4.57. The van der Waals surface area contributed by atoms with Crippen molar-refractivity contribution in [1.29, 1.82) is 0 Å². The monoisotopic (exact) mass is 269 g/mol. The minimum absolute atomic E-state index is 0.641. The zero-order valence-electron chi connectivity index (χ0n) is 11.2. The Hall–Kier alpha value is -0.390. The highest BCUT2D eigenvalue weighted by molar-refractivity contribution is 7.80. The molecule has 1 heterocycles. The Balaban J connectivity index is 1.42. The van der Waals surface area contributed by atoms with Crippen molar-refractivity contribution in [3.05, 3.63) is 0 Å². The topological polar surface area (TPSA) is 31.7 Å². The van der Waals surface area contributed by atoms with E-state index in [1.165, 1.54) is 38.8 Å². The van der Waals surface area contributed by atoms with Crippen LogP contribution in [-0.2, 0) is 0 Å². The molecule has 4 nitrogen and oxygen atoms in total. The van der Waals surface area contributed by atoms with E-state index in [1.54, 1.807) is 4.90 Å². The molecular weight excluding hydrogens is 244 g/mol. The molecule has 2 aliphatic carbocycles. The van der Waals surface area contributed by atoms with Crippen LogP contribution in [0.5, 0.6) is 0 Å². The Bertz CT molecular complexity index is 314. The summed E-state index contributed by atoms with van der Waals surface area (Å²) in [6, 6.07) is 0.641. The molecule has 3 N–H and O–H groups in total. The summed E-state index contributed by atoms with van der Waals surface area (Å²) in [7, 11) is 2.25. The molecule has 0 spiro atoms. The maximum absolute atomic E-state index is 5.45. The second kappa shape index (κ2) is 5.31. The van der Waals surface area contributed by atoms with Crippen LogP contribution in [0.15, 0.2) is 0 Å². The zero-order valence-corrected chi connectivity index (χ0v) is 12.1. The van der Waals surface area contributed by atoms with Crippen LogP contribution in [0.4, 0.5) is 0 Å². The molecule has 5 heteroatoms. The van der Waals surface area contributed by atoms with Gasteiger partial charge in [-0.3, -0.25) is 5.43 Å². The highest BCUT2D eigenvalue weighted by Crippen LogP contribution is 2.44. The molecule has 2 bridgehead atoms. The Morgan fingerprint density at radius 2 is 2.00 bits per heavy atom. The van der Waals surface area contributed by atoms with Gasteiger partial charge < -0.3 is 10.2 Å². The summed E-state index contributed by atoms with van der Waals surface area (Å²) in [5.41, 5.74) is 3.37. The van der Waals surface area contributed by atoms with Gasteiger partial charge in [0.15, 0.2) is 5.11 Å². The summed E-state index contributed by atoms with van der Waals surface area (Å²) < 4.78 is 0. The predicted octanol–water partition coefficient (Wildman–Crippen LogP) is -0.616. The summed E-state index contributed by atoms with van der Waals surface area (Å²) in [5, 5.41) is 6.64. The van der Waals surface area contributed by atoms with Gasteiger partial charge in [-0.1, -0.05) is 6.42 Å². The van der Waals surface area contributed by atoms with Crippen molar-refractivity contribution in [2.45, 2.75) is 31.7 Å². The molecule has 3 rings (SSSR count). The number of hydrazine groups is 1. The van der Waals surface area contributed by atoms with Gasteiger partial charge in [0.05, 0.1) is 33.2 Å². The number of hydrogen-bond acceptors (Lipinski definition) is 2. The van der Waals surface area contributed by atoms with E-state index in [0.29, 0.717) is 6.04 Å². The molecule has 0 amide bonds. The van der Waals surface area contributed by atoms with Crippen molar-refractivity contribution in [2.24, 2.45) is 11.8 Å². The number of fused-ring (bicyclic) bond motifs is 2. The van der Waals surface area contributed by atoms with E-state index < -0.39 is 0 Å². The van der Waals surface area contributed by atoms with Gasteiger partial charge in [-0.15, -0.1) is 0 Å². The van der Waals surface area contributed by atoms with Gasteiger partial charge in [-0.2, -0.15) is 0 Å². The van der Waals surface area contributed by atoms with E-state index in [2.05, 4.69) is 22.8 Å². The maximum atomic E-state index is 5.45. The number of nitrogens with one attached hydrogen (secondary N) is 3. The lowest BCUT2D eigenvalue weighted by molar-refractivity contribution is -0.884. The van der Waals surface area contributed by atoms with Crippen LogP contribution in [0.25, 0.3) is 0 Å². The summed E-state index contributed by atoms with van der Waals surface area (Å²) in [5.74, 6) is 1.86. The van der Waals surface area contributed by atoms with Crippen LogP contribution in [0.1, 0.15) is 25.7 Å². The van der Waals surface area contributed by atoms with Gasteiger partial charge in [0.25, 0.3) is 0 Å². The van der Waals surface area contributed by atoms with Crippen molar-refractivity contribution in [1.82, 2.24) is 15.8 Å². The third-order valence-corrected chi connectivity index (χ3v) is 5.14. The smallest absolute Gasteiger partial charge is 0.181 e. The first-order valence-electron chi connectivity index (χ1n) is 7.34. The van der Waals surface area contributed by atoms with Crippen molar-refractivity contribution < 1.29 is 4.90 Å². The molecule has 18 heavy (non-hydrogen) atoms. The van der Waals surface area contributed by atoms with Crippen molar-refractivity contribution >= 4 is 17.3 Å². The van der Waals surface area contributed by atoms with Gasteiger partial charge in [-0.25, -0.2) is 5.01 Å². The first kappa shape index (κ1) is 12.6. The van der Waals surface area contributed by atoms with Crippen LogP contribution in [-0.4, -0.2) is 49.4 Å². The second-order valence-electron chi connectivity index (χ2n) is 6.31. The third kappa shape index (κ3) is 2.78. The maximum Gasteiger partial charge on any atom is 0.181 e. The standard InChI is InChI=1S/C13H24N4S/c1-16-4-6-17(7-5-16)15-13(18)14-12-9-10-2-3-11(12)8-10/h10-12H,2-9H2,1H3,(H2,14,15,18)/p+1/t10-,11+,12+/m1/s1. The Morgan fingerprint density at radius 1 is 1.22 bits per heavy atom. The number of likely N-dealkylation sites (N-methyl/N-ethyl adjacent to an activating group) is 1. The number of quaternary nitrogens is 1. The van der Waals surface area contributed by atoms with Gasteiger partial charge >= 0.3 is 0 Å². The number of hydrogen-bond donors (Lipinski definition) is 3. The number of piperazine rings is 1. The van der Waals surface area contributed by atoms with Crippen LogP contribution in [0.2, 0.25) is 0 Å². The van der Waals surface area contributed by atoms with Gasteiger partial charge in [0.1, 0.15) is 0 Å². The SMILES string of the molecule is C[NH+]1CCN(NC(=S)N[C@H]2C[C@@H]3CC[C@H]2C3)CC1. The molecule has 1 aliphatic heterocycles. The molecule has 3 fully saturated rings. The lowest BCUT2D eigenvalue weighted by Crippen LogP contribution is -3.12. The highest BCUT2D eigenvalue weighted by atomic mass is 32.1. The van der Waals surface area contributed by atoms with Crippen molar-refractivity contribution in [2.75, 3.05) is 33.2 Å². The fourth-order valence-electron chi connectivity index (χ4n) is 3.77. The number of rotatable bonds is 2. The molecular formula is C13H25N4S+. The minimum Gasteiger partial charge on any atom is -0.359 e. The van der Waals surface area contributed by atoms with E-state index in [0.717, 1.165) is 30.0 Å². The van der Waals surface area contributed by atoms with E-state index in [9.17, 15) is 0 Å². The zero-order chi connectivity index (χ0) is 12.5. The van der Waals surface area contributed by atoms with E-state index in [1.807, 2.05) is 0 Å². The first-order valence-corrected chi connectivity index (χ1v) is 7.75. The summed E-state index contributed by atoms with van der Waals surface area (Å²) in [6.07, 6.45) is 5.62. The fourth-order valence-corrected chi connectivity index (χ4v) is 4.05. The molecule has 3 aliphatic rings. The average Bonchev–Trinajstić information content (AvgIpc) is 2.94. The minimum atomic E-state index is 0.641. The molecule has 102 valence electrons. The molecule has 0 aromatic carbocycles. The Kier molecular flexibility index (Phi) is 3.73. The van der Waals surface area contributed by atoms with E-state index >= 15 is 0 Å². The highest BCUT2D eigenvalue weighted by Gasteiger charge is 2.39. The molecule has 3 atom stereocenters. The largest absolute Gasteiger partial charge is 0.359 e. The lowest BCUT2D eigenvalue weighted by Gasteiger charge is -2.32. The number of nitrogens with zero attached hydrogens (tertiary/aromatic N) is 1. The molecule has 0 aromatic rings. The molecule has 1 saturated heterocycles. The van der Waals surface area contributed by atoms with Gasteiger partial charge in [-0.05, 0) is 43.3 Å².